The molecule has 1 aromatic carbocycles. The number of aromatic nitrogens is 2. The number of carbonyl (C=O) groups excluding carboxylic acids is 1. The van der Waals surface area contributed by atoms with E-state index in [9.17, 15) is 14.0 Å². The molecule has 116 valence electrons. The molecule has 0 fully saturated rings. The molecule has 0 radical (unpaired) electrons. The van der Waals surface area contributed by atoms with Crippen molar-refractivity contribution in [3.8, 4) is 0 Å². The van der Waals surface area contributed by atoms with E-state index in [0.29, 0.717) is 5.82 Å². The number of fused-ring (bicyclic) bond motifs is 1. The summed E-state index contributed by atoms with van der Waals surface area (Å²) in [5.74, 6) is -0.459. The van der Waals surface area contributed by atoms with Gasteiger partial charge >= 0.3 is 0 Å². The Labute approximate surface area is 131 Å². The van der Waals surface area contributed by atoms with Gasteiger partial charge in [0, 0.05) is 23.8 Å². The third kappa shape index (κ3) is 3.11. The fraction of sp³-hybridized carbons (Fsp3) is 0.118. The molecule has 1 amide bonds. The van der Waals surface area contributed by atoms with Crippen LogP contribution in [0.1, 0.15) is 5.56 Å². The quantitative estimate of drug-likeness (QED) is 0.808. The normalized spacial score (nSPS) is 10.7. The predicted molar refractivity (Wildman–Crippen MR) is 85.8 cm³/mol. The Balaban J connectivity index is 1.91. The number of nitrogens with zero attached hydrogens (tertiary/aromatic N) is 2. The van der Waals surface area contributed by atoms with Gasteiger partial charge in [-0.05, 0) is 36.8 Å². The minimum Gasteiger partial charge on any atom is -0.335 e. The number of hydrogen-bond acceptors (Lipinski definition) is 3. The Kier molecular flexibility index (Phi) is 3.89. The highest BCUT2D eigenvalue weighted by Crippen LogP contribution is 2.14. The van der Waals surface area contributed by atoms with E-state index in [1.807, 2.05) is 13.0 Å². The lowest BCUT2D eigenvalue weighted by Crippen LogP contribution is -2.21. The maximum absolute atomic E-state index is 14.1. The van der Waals surface area contributed by atoms with E-state index in [-0.39, 0.29) is 28.8 Å². The number of anilines is 1. The molecule has 2 heterocycles. The third-order valence-electron chi connectivity index (χ3n) is 3.44. The summed E-state index contributed by atoms with van der Waals surface area (Å²) in [5.41, 5.74) is 0.805. The summed E-state index contributed by atoms with van der Waals surface area (Å²) in [6, 6.07) is 9.15. The first kappa shape index (κ1) is 14.9. The fourth-order valence-electron chi connectivity index (χ4n) is 2.40. The maximum atomic E-state index is 14.1. The molecule has 3 aromatic rings. The number of para-hydroxylation sites is 1. The lowest BCUT2D eigenvalue weighted by molar-refractivity contribution is -0.116. The molecule has 0 aliphatic heterocycles. The summed E-state index contributed by atoms with van der Waals surface area (Å²) >= 11 is 0. The van der Waals surface area contributed by atoms with Crippen LogP contribution in [0.3, 0.4) is 0 Å². The van der Waals surface area contributed by atoms with Gasteiger partial charge in [-0.3, -0.25) is 9.59 Å². The van der Waals surface area contributed by atoms with Crippen LogP contribution in [0.15, 0.2) is 53.6 Å². The van der Waals surface area contributed by atoms with E-state index in [4.69, 9.17) is 0 Å². The van der Waals surface area contributed by atoms with Gasteiger partial charge in [0.05, 0.1) is 5.52 Å². The van der Waals surface area contributed by atoms with Crippen LogP contribution in [0.4, 0.5) is 10.2 Å². The van der Waals surface area contributed by atoms with Crippen molar-refractivity contribution in [1.29, 1.82) is 0 Å². The summed E-state index contributed by atoms with van der Waals surface area (Å²) in [5, 5.41) is 2.90. The average Bonchev–Trinajstić information content (AvgIpc) is 2.50. The van der Waals surface area contributed by atoms with E-state index in [1.165, 1.54) is 35.0 Å². The van der Waals surface area contributed by atoms with Crippen LogP contribution < -0.4 is 10.7 Å². The van der Waals surface area contributed by atoms with E-state index >= 15 is 0 Å². The lowest BCUT2D eigenvalue weighted by atomic mass is 10.2. The van der Waals surface area contributed by atoms with Crippen molar-refractivity contribution in [2.24, 2.45) is 0 Å². The Bertz CT molecular complexity index is 950. The number of carbonyl (C=O) groups is 1. The van der Waals surface area contributed by atoms with Crippen molar-refractivity contribution in [2.75, 3.05) is 5.32 Å². The predicted octanol–water partition coefficient (Wildman–Crippen LogP) is 2.48. The first-order valence-corrected chi connectivity index (χ1v) is 7.05. The maximum Gasteiger partial charge on any atom is 0.245 e. The van der Waals surface area contributed by atoms with E-state index < -0.39 is 5.82 Å². The van der Waals surface area contributed by atoms with Crippen molar-refractivity contribution < 1.29 is 9.18 Å². The van der Waals surface area contributed by atoms with Gasteiger partial charge in [-0.1, -0.05) is 6.07 Å². The zero-order valence-corrected chi connectivity index (χ0v) is 12.4. The van der Waals surface area contributed by atoms with E-state index in [1.54, 1.807) is 12.3 Å². The molecule has 0 atom stereocenters. The van der Waals surface area contributed by atoms with E-state index in [0.717, 1.165) is 5.56 Å². The number of aryl methyl sites for hydroxylation is 1. The first-order chi connectivity index (χ1) is 11.0. The smallest absolute Gasteiger partial charge is 0.245 e. The Morgan fingerprint density at radius 3 is 2.91 bits per heavy atom. The molecule has 3 rings (SSSR count). The number of halogens is 1. The molecule has 5 nitrogen and oxygen atoms in total. The van der Waals surface area contributed by atoms with Gasteiger partial charge in [0.25, 0.3) is 0 Å². The molecule has 6 heteroatoms. The Hall–Kier alpha value is -3.02. The molecule has 0 saturated carbocycles. The summed E-state index contributed by atoms with van der Waals surface area (Å²) in [4.78, 5) is 28.0. The van der Waals surface area contributed by atoms with Crippen LogP contribution in [0.25, 0.3) is 10.9 Å². The molecule has 1 N–H and O–H groups in total. The highest BCUT2D eigenvalue weighted by molar-refractivity contribution is 5.91. The molecule has 0 bridgehead atoms. The molecule has 23 heavy (non-hydrogen) atoms. The van der Waals surface area contributed by atoms with Crippen molar-refractivity contribution in [2.45, 2.75) is 13.5 Å². The van der Waals surface area contributed by atoms with Crippen LogP contribution in [0.2, 0.25) is 0 Å². The van der Waals surface area contributed by atoms with Gasteiger partial charge in [0.1, 0.15) is 18.2 Å². The zero-order valence-electron chi connectivity index (χ0n) is 12.4. The SMILES string of the molecule is Cc1ccnc(NC(=O)Cn2ccc(=O)c3cccc(F)c32)c1. The Morgan fingerprint density at radius 1 is 1.30 bits per heavy atom. The second kappa shape index (κ2) is 6.00. The van der Waals surface area contributed by atoms with Crippen LogP contribution in [0, 0.1) is 12.7 Å². The average molecular weight is 311 g/mol. The second-order valence-corrected chi connectivity index (χ2v) is 5.21. The van der Waals surface area contributed by atoms with Gasteiger partial charge in [0.15, 0.2) is 5.43 Å². The van der Waals surface area contributed by atoms with Crippen LogP contribution >= 0.6 is 0 Å². The molecule has 0 aliphatic carbocycles. The number of rotatable bonds is 3. The minimum atomic E-state index is -0.540. The summed E-state index contributed by atoms with van der Waals surface area (Å²) in [6.45, 7) is 1.77. The van der Waals surface area contributed by atoms with Gasteiger partial charge in [-0.15, -0.1) is 0 Å². The van der Waals surface area contributed by atoms with Crippen molar-refractivity contribution in [1.82, 2.24) is 9.55 Å². The zero-order chi connectivity index (χ0) is 16.4. The highest BCUT2D eigenvalue weighted by atomic mass is 19.1. The number of benzene rings is 1. The van der Waals surface area contributed by atoms with Gasteiger partial charge in [-0.2, -0.15) is 0 Å². The second-order valence-electron chi connectivity index (χ2n) is 5.21. The summed E-state index contributed by atoms with van der Waals surface area (Å²) in [6.07, 6.45) is 3.01. The lowest BCUT2D eigenvalue weighted by Gasteiger charge is -2.11. The van der Waals surface area contributed by atoms with Crippen molar-refractivity contribution in [3.05, 3.63) is 70.4 Å². The van der Waals surface area contributed by atoms with Crippen molar-refractivity contribution in [3.63, 3.8) is 0 Å². The van der Waals surface area contributed by atoms with Crippen LogP contribution in [-0.4, -0.2) is 15.5 Å². The van der Waals surface area contributed by atoms with Crippen LogP contribution in [0.5, 0.6) is 0 Å². The largest absolute Gasteiger partial charge is 0.335 e. The van der Waals surface area contributed by atoms with Gasteiger partial charge < -0.3 is 9.88 Å². The minimum absolute atomic E-state index is 0.118. The summed E-state index contributed by atoms with van der Waals surface area (Å²) in [7, 11) is 0. The molecule has 0 spiro atoms. The summed E-state index contributed by atoms with van der Waals surface area (Å²) < 4.78 is 15.5. The van der Waals surface area contributed by atoms with E-state index in [2.05, 4.69) is 10.3 Å². The molecule has 2 aromatic heterocycles. The molecular weight excluding hydrogens is 297 g/mol. The number of amides is 1. The number of nitrogens with one attached hydrogen (secondary N) is 1. The Morgan fingerprint density at radius 2 is 2.13 bits per heavy atom. The topological polar surface area (TPSA) is 64.0 Å². The molecular formula is C17H14FN3O2. The van der Waals surface area contributed by atoms with Gasteiger partial charge in [-0.25, -0.2) is 9.37 Å². The third-order valence-corrected chi connectivity index (χ3v) is 3.44. The molecule has 0 aliphatic rings. The number of hydrogen-bond donors (Lipinski definition) is 1. The molecule has 0 saturated heterocycles. The number of pyridine rings is 2. The standard InChI is InChI=1S/C17H14FN3O2/c1-11-5-7-19-15(9-11)20-16(23)10-21-8-6-14(22)12-3-2-4-13(18)17(12)21/h2-9H,10H2,1H3,(H,19,20,23). The van der Waals surface area contributed by atoms with Gasteiger partial charge in [0.2, 0.25) is 5.91 Å². The fourth-order valence-corrected chi connectivity index (χ4v) is 2.40. The van der Waals surface area contributed by atoms with Crippen molar-refractivity contribution >= 4 is 22.6 Å². The highest BCUT2D eigenvalue weighted by Gasteiger charge is 2.11. The molecule has 0 unspecified atom stereocenters. The van der Waals surface area contributed by atoms with Crippen LogP contribution in [-0.2, 0) is 11.3 Å². The first-order valence-electron chi connectivity index (χ1n) is 7.05. The monoisotopic (exact) mass is 311 g/mol.